The zero-order valence-corrected chi connectivity index (χ0v) is 11.6. The fourth-order valence-corrected chi connectivity index (χ4v) is 2.67. The molecule has 0 aliphatic carbocycles. The number of nitrogen functional groups attached to an aromatic ring is 1. The van der Waals surface area contributed by atoms with Crippen LogP contribution in [0, 0.1) is 5.92 Å². The van der Waals surface area contributed by atoms with E-state index in [-0.39, 0.29) is 22.7 Å². The van der Waals surface area contributed by atoms with E-state index < -0.39 is 10.0 Å². The Balaban J connectivity index is 2.89. The highest BCUT2D eigenvalue weighted by Gasteiger charge is 2.22. The van der Waals surface area contributed by atoms with Crippen molar-refractivity contribution in [2.75, 3.05) is 19.5 Å². The molecule has 1 aromatic rings. The number of nitrogens with two attached hydrogens (primary N) is 1. The molecule has 0 spiro atoms. The van der Waals surface area contributed by atoms with Crippen LogP contribution in [0.5, 0.6) is 0 Å². The summed E-state index contributed by atoms with van der Waals surface area (Å²) in [5.74, 6) is 0.410. The molecule has 1 atom stereocenters. The number of ether oxygens (including phenoxy) is 1. The van der Waals surface area contributed by atoms with Gasteiger partial charge in [-0.25, -0.2) is 18.1 Å². The molecule has 3 N–H and O–H groups in total. The van der Waals surface area contributed by atoms with Crippen molar-refractivity contribution in [2.24, 2.45) is 5.92 Å². The topological polar surface area (TPSA) is 94.3 Å². The van der Waals surface area contributed by atoms with Crippen LogP contribution in [0.25, 0.3) is 0 Å². The standard InChI is InChI=1S/C11H19N3O3S/c1-8(2)10(7-17-3)14-18(15,16)9-4-5-11(12)13-6-9/h4-6,8,10,14H,7H2,1-3H3,(H2,12,13). The van der Waals surface area contributed by atoms with Crippen LogP contribution in [0.1, 0.15) is 13.8 Å². The molecule has 0 radical (unpaired) electrons. The Kier molecular flexibility index (Phi) is 5.06. The summed E-state index contributed by atoms with van der Waals surface area (Å²) in [6.07, 6.45) is 1.24. The predicted octanol–water partition coefficient (Wildman–Crippen LogP) is 0.613. The lowest BCUT2D eigenvalue weighted by molar-refractivity contribution is 0.157. The van der Waals surface area contributed by atoms with E-state index in [1.54, 1.807) is 0 Å². The quantitative estimate of drug-likeness (QED) is 0.792. The number of nitrogens with one attached hydrogen (secondary N) is 1. The Bertz CT molecular complexity index is 471. The summed E-state index contributed by atoms with van der Waals surface area (Å²) >= 11 is 0. The molecule has 1 heterocycles. The lowest BCUT2D eigenvalue weighted by atomic mass is 10.1. The Morgan fingerprint density at radius 3 is 2.56 bits per heavy atom. The Morgan fingerprint density at radius 2 is 2.11 bits per heavy atom. The molecular formula is C11H19N3O3S. The van der Waals surface area contributed by atoms with Gasteiger partial charge in [0.05, 0.1) is 6.61 Å². The minimum atomic E-state index is -3.59. The lowest BCUT2D eigenvalue weighted by Gasteiger charge is -2.21. The minimum Gasteiger partial charge on any atom is -0.384 e. The van der Waals surface area contributed by atoms with Crippen molar-refractivity contribution in [1.29, 1.82) is 0 Å². The normalized spacial score (nSPS) is 13.8. The summed E-state index contributed by atoms with van der Waals surface area (Å²) in [6.45, 7) is 4.17. The second-order valence-electron chi connectivity index (χ2n) is 4.35. The van der Waals surface area contributed by atoms with Crippen molar-refractivity contribution in [1.82, 2.24) is 9.71 Å². The highest BCUT2D eigenvalue weighted by molar-refractivity contribution is 7.89. The highest BCUT2D eigenvalue weighted by Crippen LogP contribution is 2.12. The van der Waals surface area contributed by atoms with Gasteiger partial charge in [-0.1, -0.05) is 13.8 Å². The molecule has 1 rings (SSSR count). The van der Waals surface area contributed by atoms with Crippen LogP contribution < -0.4 is 10.5 Å². The Morgan fingerprint density at radius 1 is 1.44 bits per heavy atom. The number of aromatic nitrogens is 1. The number of pyridine rings is 1. The van der Waals surface area contributed by atoms with Crippen LogP contribution >= 0.6 is 0 Å². The third-order valence-electron chi connectivity index (χ3n) is 2.53. The number of hydrogen-bond acceptors (Lipinski definition) is 5. The summed E-state index contributed by atoms with van der Waals surface area (Å²) in [5, 5.41) is 0. The molecule has 0 saturated carbocycles. The van der Waals surface area contributed by atoms with Gasteiger partial charge in [-0.3, -0.25) is 0 Å². The number of rotatable bonds is 6. The molecule has 0 aliphatic heterocycles. The maximum atomic E-state index is 12.1. The minimum absolute atomic E-state index is 0.0958. The first-order chi connectivity index (χ1) is 8.36. The van der Waals surface area contributed by atoms with Crippen molar-refractivity contribution in [3.8, 4) is 0 Å². The summed E-state index contributed by atoms with van der Waals surface area (Å²) in [4.78, 5) is 3.87. The molecule has 7 heteroatoms. The van der Waals surface area contributed by atoms with Gasteiger partial charge in [0, 0.05) is 19.3 Å². The molecule has 0 bridgehead atoms. The molecule has 0 saturated heterocycles. The average Bonchev–Trinajstić information content (AvgIpc) is 2.28. The van der Waals surface area contributed by atoms with Gasteiger partial charge >= 0.3 is 0 Å². The third kappa shape index (κ3) is 3.94. The SMILES string of the molecule is COCC(NS(=O)(=O)c1ccc(N)nc1)C(C)C. The monoisotopic (exact) mass is 273 g/mol. The maximum Gasteiger partial charge on any atom is 0.242 e. The maximum absolute atomic E-state index is 12.1. The second-order valence-corrected chi connectivity index (χ2v) is 6.06. The average molecular weight is 273 g/mol. The van der Waals surface area contributed by atoms with E-state index in [1.165, 1.54) is 25.4 Å². The van der Waals surface area contributed by atoms with Gasteiger partial charge in [0.1, 0.15) is 10.7 Å². The molecule has 102 valence electrons. The zero-order valence-electron chi connectivity index (χ0n) is 10.8. The zero-order chi connectivity index (χ0) is 13.8. The summed E-state index contributed by atoms with van der Waals surface area (Å²) < 4.78 is 31.8. The predicted molar refractivity (Wildman–Crippen MR) is 69.5 cm³/mol. The first-order valence-electron chi connectivity index (χ1n) is 5.59. The Hall–Kier alpha value is -1.18. The van der Waals surface area contributed by atoms with Gasteiger partial charge in [-0.2, -0.15) is 0 Å². The van der Waals surface area contributed by atoms with Crippen molar-refractivity contribution in [2.45, 2.75) is 24.8 Å². The first kappa shape index (κ1) is 14.9. The smallest absolute Gasteiger partial charge is 0.242 e. The van der Waals surface area contributed by atoms with Gasteiger partial charge in [0.2, 0.25) is 10.0 Å². The summed E-state index contributed by atoms with van der Waals surface area (Å²) in [6, 6.07) is 2.60. The van der Waals surface area contributed by atoms with E-state index in [2.05, 4.69) is 9.71 Å². The van der Waals surface area contributed by atoms with Crippen molar-refractivity contribution in [3.63, 3.8) is 0 Å². The molecule has 1 unspecified atom stereocenters. The van der Waals surface area contributed by atoms with E-state index in [9.17, 15) is 8.42 Å². The van der Waals surface area contributed by atoms with Crippen LogP contribution in [0.15, 0.2) is 23.2 Å². The highest BCUT2D eigenvalue weighted by atomic mass is 32.2. The van der Waals surface area contributed by atoms with Gasteiger partial charge in [0.15, 0.2) is 0 Å². The van der Waals surface area contributed by atoms with E-state index in [0.29, 0.717) is 6.61 Å². The lowest BCUT2D eigenvalue weighted by Crippen LogP contribution is -2.41. The van der Waals surface area contributed by atoms with Crippen molar-refractivity contribution >= 4 is 15.8 Å². The molecule has 0 fully saturated rings. The van der Waals surface area contributed by atoms with Crippen LogP contribution in [0.2, 0.25) is 0 Å². The van der Waals surface area contributed by atoms with Crippen molar-refractivity contribution < 1.29 is 13.2 Å². The Labute approximate surface area is 108 Å². The van der Waals surface area contributed by atoms with E-state index in [0.717, 1.165) is 0 Å². The number of anilines is 1. The third-order valence-corrected chi connectivity index (χ3v) is 4.00. The van der Waals surface area contributed by atoms with E-state index in [4.69, 9.17) is 10.5 Å². The number of hydrogen-bond donors (Lipinski definition) is 2. The van der Waals surface area contributed by atoms with E-state index in [1.807, 2.05) is 13.8 Å². The fourth-order valence-electron chi connectivity index (χ4n) is 1.36. The van der Waals surface area contributed by atoms with Crippen LogP contribution in [-0.2, 0) is 14.8 Å². The largest absolute Gasteiger partial charge is 0.384 e. The van der Waals surface area contributed by atoms with Crippen LogP contribution in [-0.4, -0.2) is 33.2 Å². The molecule has 6 nitrogen and oxygen atoms in total. The number of nitrogens with zero attached hydrogens (tertiary/aromatic N) is 1. The fraction of sp³-hybridized carbons (Fsp3) is 0.545. The molecule has 0 aliphatic rings. The summed E-state index contributed by atoms with van der Waals surface area (Å²) in [7, 11) is -2.06. The molecule has 0 aromatic carbocycles. The van der Waals surface area contributed by atoms with Gasteiger partial charge < -0.3 is 10.5 Å². The van der Waals surface area contributed by atoms with Gasteiger partial charge in [-0.15, -0.1) is 0 Å². The second kappa shape index (κ2) is 6.12. The first-order valence-corrected chi connectivity index (χ1v) is 7.08. The van der Waals surface area contributed by atoms with Crippen LogP contribution in [0.3, 0.4) is 0 Å². The molecule has 1 aromatic heterocycles. The molecule has 18 heavy (non-hydrogen) atoms. The van der Waals surface area contributed by atoms with Gasteiger partial charge in [-0.05, 0) is 18.1 Å². The van der Waals surface area contributed by atoms with Crippen LogP contribution in [0.4, 0.5) is 5.82 Å². The van der Waals surface area contributed by atoms with Crippen molar-refractivity contribution in [3.05, 3.63) is 18.3 Å². The number of methoxy groups -OCH3 is 1. The summed E-state index contributed by atoms with van der Waals surface area (Å²) in [5.41, 5.74) is 5.42. The van der Waals surface area contributed by atoms with E-state index >= 15 is 0 Å². The van der Waals surface area contributed by atoms with Gasteiger partial charge in [0.25, 0.3) is 0 Å². The molecular weight excluding hydrogens is 254 g/mol. The molecule has 0 amide bonds. The number of sulfonamides is 1.